The number of carbonyl (C=O) groups excluding carboxylic acids is 1. The summed E-state index contributed by atoms with van der Waals surface area (Å²) in [6.45, 7) is 1.17. The molecule has 0 bridgehead atoms. The van der Waals surface area contributed by atoms with Gasteiger partial charge in [-0.1, -0.05) is 11.6 Å². The molecule has 1 aromatic rings. The monoisotopic (exact) mass is 285 g/mol. The summed E-state index contributed by atoms with van der Waals surface area (Å²) in [6, 6.07) is 3.29. The van der Waals surface area contributed by atoms with E-state index in [4.69, 9.17) is 16.3 Å². The van der Waals surface area contributed by atoms with Crippen molar-refractivity contribution in [2.75, 3.05) is 32.1 Å². The number of hydrogen-bond donors (Lipinski definition) is 2. The van der Waals surface area contributed by atoms with Crippen LogP contribution in [-0.2, 0) is 9.53 Å². The van der Waals surface area contributed by atoms with E-state index in [2.05, 4.69) is 10.3 Å². The number of ether oxygens (including phenoxy) is 1. The van der Waals surface area contributed by atoms with Crippen molar-refractivity contribution in [3.8, 4) is 0 Å². The zero-order chi connectivity index (χ0) is 13.8. The molecule has 1 aliphatic heterocycles. The predicted octanol–water partition coefficient (Wildman–Crippen LogP) is 0.365. The number of nitrogens with one attached hydrogen (secondary N) is 1. The van der Waals surface area contributed by atoms with Gasteiger partial charge in [0.1, 0.15) is 5.82 Å². The van der Waals surface area contributed by atoms with Crippen molar-refractivity contribution >= 4 is 23.3 Å². The Morgan fingerprint density at radius 2 is 2.42 bits per heavy atom. The molecular weight excluding hydrogens is 270 g/mol. The maximum atomic E-state index is 11.8. The fourth-order valence-electron chi connectivity index (χ4n) is 2.03. The first-order valence-corrected chi connectivity index (χ1v) is 6.31. The Morgan fingerprint density at radius 3 is 3.00 bits per heavy atom. The largest absolute Gasteiger partial charge is 0.389 e. The van der Waals surface area contributed by atoms with Crippen molar-refractivity contribution in [2.24, 2.45) is 0 Å². The molecule has 1 aromatic heterocycles. The molecule has 0 unspecified atom stereocenters. The second kappa shape index (κ2) is 6.29. The smallest absolute Gasteiger partial charge is 0.239 e. The molecule has 19 heavy (non-hydrogen) atoms. The van der Waals surface area contributed by atoms with Crippen LogP contribution in [0.25, 0.3) is 0 Å². The van der Waals surface area contributed by atoms with Crippen molar-refractivity contribution in [2.45, 2.75) is 12.2 Å². The third-order valence-electron chi connectivity index (χ3n) is 2.98. The average molecular weight is 286 g/mol. The first-order valence-electron chi connectivity index (χ1n) is 5.93. The quantitative estimate of drug-likeness (QED) is 0.836. The lowest BCUT2D eigenvalue weighted by molar-refractivity contribution is -0.117. The van der Waals surface area contributed by atoms with Crippen LogP contribution in [-0.4, -0.2) is 59.8 Å². The third kappa shape index (κ3) is 3.87. The lowest BCUT2D eigenvalue weighted by Gasteiger charge is -2.14. The normalized spacial score (nSPS) is 23.5. The Morgan fingerprint density at radius 1 is 1.63 bits per heavy atom. The van der Waals surface area contributed by atoms with E-state index in [1.165, 1.54) is 6.20 Å². The number of likely N-dealkylation sites (tertiary alicyclic amines) is 1. The highest BCUT2D eigenvalue weighted by molar-refractivity contribution is 6.30. The van der Waals surface area contributed by atoms with Crippen LogP contribution in [0.3, 0.4) is 0 Å². The van der Waals surface area contributed by atoms with E-state index in [9.17, 15) is 9.90 Å². The van der Waals surface area contributed by atoms with Gasteiger partial charge in [0.25, 0.3) is 0 Å². The summed E-state index contributed by atoms with van der Waals surface area (Å²) < 4.78 is 5.12. The lowest BCUT2D eigenvalue weighted by atomic mass is 10.3. The second-order valence-electron chi connectivity index (χ2n) is 4.45. The summed E-state index contributed by atoms with van der Waals surface area (Å²) in [7, 11) is 1.55. The molecule has 1 fully saturated rings. The lowest BCUT2D eigenvalue weighted by Crippen LogP contribution is -2.32. The Balaban J connectivity index is 1.83. The average Bonchev–Trinajstić information content (AvgIpc) is 2.72. The molecule has 0 spiro atoms. The van der Waals surface area contributed by atoms with Gasteiger partial charge in [-0.05, 0) is 12.1 Å². The molecule has 0 aliphatic carbocycles. The van der Waals surface area contributed by atoms with Crippen LogP contribution in [0.15, 0.2) is 18.3 Å². The van der Waals surface area contributed by atoms with Crippen LogP contribution >= 0.6 is 11.6 Å². The number of aliphatic hydroxyl groups excluding tert-OH is 1. The summed E-state index contributed by atoms with van der Waals surface area (Å²) in [5.74, 6) is 0.274. The molecule has 1 saturated heterocycles. The van der Waals surface area contributed by atoms with Crippen LogP contribution in [0.2, 0.25) is 5.02 Å². The fourth-order valence-corrected chi connectivity index (χ4v) is 2.14. The van der Waals surface area contributed by atoms with Crippen LogP contribution in [0, 0.1) is 0 Å². The highest BCUT2D eigenvalue weighted by Crippen LogP contribution is 2.13. The van der Waals surface area contributed by atoms with Crippen molar-refractivity contribution in [3.05, 3.63) is 23.4 Å². The van der Waals surface area contributed by atoms with Gasteiger partial charge in [-0.3, -0.25) is 9.69 Å². The summed E-state index contributed by atoms with van der Waals surface area (Å²) in [4.78, 5) is 17.6. The minimum atomic E-state index is -0.550. The molecule has 1 amide bonds. The molecule has 0 aromatic carbocycles. The molecule has 1 aliphatic rings. The number of carbonyl (C=O) groups is 1. The number of rotatable bonds is 4. The number of nitrogens with zero attached hydrogens (tertiary/aromatic N) is 2. The Hall–Kier alpha value is -1.21. The summed E-state index contributed by atoms with van der Waals surface area (Å²) in [6.07, 6.45) is 0.686. The SMILES string of the molecule is CO[C@H]1CN(CC(=O)Nc2ccc(Cl)cn2)C[C@@H]1O. The topological polar surface area (TPSA) is 74.7 Å². The van der Waals surface area contributed by atoms with E-state index >= 15 is 0 Å². The maximum Gasteiger partial charge on any atom is 0.239 e. The molecule has 2 rings (SSSR count). The molecule has 6 nitrogen and oxygen atoms in total. The zero-order valence-corrected chi connectivity index (χ0v) is 11.3. The highest BCUT2D eigenvalue weighted by Gasteiger charge is 2.32. The van der Waals surface area contributed by atoms with E-state index < -0.39 is 6.10 Å². The maximum absolute atomic E-state index is 11.8. The van der Waals surface area contributed by atoms with E-state index in [0.29, 0.717) is 23.9 Å². The van der Waals surface area contributed by atoms with Gasteiger partial charge in [0.2, 0.25) is 5.91 Å². The van der Waals surface area contributed by atoms with Crippen LogP contribution in [0.5, 0.6) is 0 Å². The predicted molar refractivity (Wildman–Crippen MR) is 71.1 cm³/mol. The van der Waals surface area contributed by atoms with E-state index in [1.54, 1.807) is 19.2 Å². The van der Waals surface area contributed by atoms with Gasteiger partial charge in [-0.25, -0.2) is 4.98 Å². The van der Waals surface area contributed by atoms with Crippen molar-refractivity contribution in [3.63, 3.8) is 0 Å². The summed E-state index contributed by atoms with van der Waals surface area (Å²) >= 11 is 5.71. The molecular formula is C12H16ClN3O3. The van der Waals surface area contributed by atoms with Crippen molar-refractivity contribution in [1.29, 1.82) is 0 Å². The van der Waals surface area contributed by atoms with Gasteiger partial charge in [-0.15, -0.1) is 0 Å². The Bertz CT molecular complexity index is 440. The fraction of sp³-hybridized carbons (Fsp3) is 0.500. The number of aliphatic hydroxyl groups is 1. The van der Waals surface area contributed by atoms with Crippen LogP contribution < -0.4 is 5.32 Å². The number of β-amino-alcohol motifs (C(OH)–C–C–N with tert-alkyl or cyclic N) is 1. The molecule has 2 atom stereocenters. The summed E-state index contributed by atoms with van der Waals surface area (Å²) in [5, 5.41) is 12.9. The van der Waals surface area contributed by atoms with Gasteiger partial charge >= 0.3 is 0 Å². The van der Waals surface area contributed by atoms with Crippen molar-refractivity contribution < 1.29 is 14.6 Å². The van der Waals surface area contributed by atoms with E-state index in [-0.39, 0.29) is 18.6 Å². The molecule has 2 heterocycles. The van der Waals surface area contributed by atoms with Crippen LogP contribution in [0.1, 0.15) is 0 Å². The Labute approximate surface area is 116 Å². The molecule has 0 saturated carbocycles. The number of amides is 1. The summed E-state index contributed by atoms with van der Waals surface area (Å²) in [5.41, 5.74) is 0. The Kier molecular flexibility index (Phi) is 4.71. The van der Waals surface area contributed by atoms with Gasteiger partial charge in [0.15, 0.2) is 0 Å². The number of aromatic nitrogens is 1. The second-order valence-corrected chi connectivity index (χ2v) is 4.88. The van der Waals surface area contributed by atoms with Crippen molar-refractivity contribution in [1.82, 2.24) is 9.88 Å². The molecule has 2 N–H and O–H groups in total. The number of pyridine rings is 1. The van der Waals surface area contributed by atoms with Gasteiger partial charge in [0, 0.05) is 26.4 Å². The standard InChI is InChI=1S/C12H16ClN3O3/c1-19-10-6-16(5-9(10)17)7-12(18)15-11-3-2-8(13)4-14-11/h2-4,9-10,17H,5-7H2,1H3,(H,14,15,18)/t9-,10-/m0/s1. The molecule has 104 valence electrons. The molecule has 0 radical (unpaired) electrons. The van der Waals surface area contributed by atoms with Gasteiger partial charge in [-0.2, -0.15) is 0 Å². The zero-order valence-electron chi connectivity index (χ0n) is 10.5. The minimum Gasteiger partial charge on any atom is -0.389 e. The number of halogens is 1. The first kappa shape index (κ1) is 14.2. The first-order chi connectivity index (χ1) is 9.08. The van der Waals surface area contributed by atoms with Gasteiger partial charge in [0.05, 0.1) is 23.8 Å². The third-order valence-corrected chi connectivity index (χ3v) is 3.20. The van der Waals surface area contributed by atoms with E-state index in [0.717, 1.165) is 0 Å². The minimum absolute atomic E-state index is 0.182. The number of anilines is 1. The van der Waals surface area contributed by atoms with E-state index in [1.807, 2.05) is 4.90 Å². The molecule has 7 heteroatoms. The highest BCUT2D eigenvalue weighted by atomic mass is 35.5. The van der Waals surface area contributed by atoms with Gasteiger partial charge < -0.3 is 15.2 Å². The number of methoxy groups -OCH3 is 1. The van der Waals surface area contributed by atoms with Crippen LogP contribution in [0.4, 0.5) is 5.82 Å². The number of hydrogen-bond acceptors (Lipinski definition) is 5.